The van der Waals surface area contributed by atoms with Crippen molar-refractivity contribution < 1.29 is 9.53 Å². The molecule has 0 spiro atoms. The molecule has 5 nitrogen and oxygen atoms in total. The first-order valence-electron chi connectivity index (χ1n) is 5.32. The summed E-state index contributed by atoms with van der Waals surface area (Å²) in [7, 11) is 1.35. The quantitative estimate of drug-likeness (QED) is 0.640. The summed E-state index contributed by atoms with van der Waals surface area (Å²) < 4.78 is 6.42. The van der Waals surface area contributed by atoms with Gasteiger partial charge in [-0.3, -0.25) is 0 Å². The number of nitrogens with zero attached hydrogens (tertiary/aromatic N) is 3. The molecule has 2 heterocycles. The van der Waals surface area contributed by atoms with E-state index in [1.54, 1.807) is 10.6 Å². The molecular weight excluding hydrogens is 274 g/mol. The minimum Gasteiger partial charge on any atom is -0.465 e. The van der Waals surface area contributed by atoms with Gasteiger partial charge in [-0.1, -0.05) is 30.3 Å². The number of hydrogen-bond donors (Lipinski definition) is 0. The first-order valence-corrected chi connectivity index (χ1v) is 6.93. The van der Waals surface area contributed by atoms with Crippen LogP contribution in [0.5, 0.6) is 0 Å². The van der Waals surface area contributed by atoms with E-state index in [0.29, 0.717) is 27.8 Å². The van der Waals surface area contributed by atoms with Gasteiger partial charge in [-0.05, 0) is 18.7 Å². The van der Waals surface area contributed by atoms with Gasteiger partial charge in [0.05, 0.1) is 18.4 Å². The van der Waals surface area contributed by atoms with E-state index >= 15 is 0 Å². The van der Waals surface area contributed by atoms with Crippen LogP contribution in [0.4, 0.5) is 0 Å². The van der Waals surface area contributed by atoms with Crippen molar-refractivity contribution >= 4 is 34.8 Å². The predicted octanol–water partition coefficient (Wildman–Crippen LogP) is 2.45. The number of hydrogen-bond acceptors (Lipinski definition) is 5. The number of carbonyl (C=O) groups is 1. The van der Waals surface area contributed by atoms with Crippen LogP contribution in [0.3, 0.4) is 0 Å². The van der Waals surface area contributed by atoms with E-state index in [2.05, 4.69) is 10.1 Å². The fourth-order valence-electron chi connectivity index (χ4n) is 1.76. The van der Waals surface area contributed by atoms with Gasteiger partial charge in [-0.25, -0.2) is 14.3 Å². The minimum atomic E-state index is -0.390. The predicted molar refractivity (Wildman–Crippen MR) is 70.5 cm³/mol. The summed E-state index contributed by atoms with van der Waals surface area (Å²) in [5.74, 6) is -0.390. The Morgan fingerprint density at radius 3 is 2.89 bits per heavy atom. The molecule has 0 unspecified atom stereocenters. The molecule has 0 aromatic carbocycles. The molecule has 0 radical (unpaired) electrons. The third kappa shape index (κ3) is 2.06. The van der Waals surface area contributed by atoms with Crippen LogP contribution in [-0.4, -0.2) is 33.9 Å². The molecule has 0 amide bonds. The lowest BCUT2D eigenvalue weighted by atomic mass is 10.2. The molecule has 0 aliphatic rings. The van der Waals surface area contributed by atoms with E-state index in [1.807, 2.05) is 13.2 Å². The highest BCUT2D eigenvalue weighted by Crippen LogP contribution is 2.24. The van der Waals surface area contributed by atoms with E-state index in [4.69, 9.17) is 16.3 Å². The average Bonchev–Trinajstić information content (AvgIpc) is 2.76. The number of fused-ring (bicyclic) bond motifs is 1. The summed E-state index contributed by atoms with van der Waals surface area (Å²) in [5.41, 5.74) is 1.87. The smallest absolute Gasteiger partial charge is 0.339 e. The number of esters is 1. The molecule has 0 aliphatic carbocycles. The highest BCUT2D eigenvalue weighted by atomic mass is 35.5. The molecule has 0 fully saturated rings. The van der Waals surface area contributed by atoms with Gasteiger partial charge in [0, 0.05) is 0 Å². The van der Waals surface area contributed by atoms with Gasteiger partial charge in [0.1, 0.15) is 5.52 Å². The maximum absolute atomic E-state index is 11.7. The van der Waals surface area contributed by atoms with Crippen molar-refractivity contribution in [2.24, 2.45) is 0 Å². The largest absolute Gasteiger partial charge is 0.465 e. The summed E-state index contributed by atoms with van der Waals surface area (Å²) in [6.45, 7) is 1.95. The van der Waals surface area contributed by atoms with E-state index in [1.165, 1.54) is 18.9 Å². The Bertz CT molecular complexity index is 612. The number of methoxy groups -OCH3 is 1. The summed E-state index contributed by atoms with van der Waals surface area (Å²) >= 11 is 7.49. The van der Waals surface area contributed by atoms with Gasteiger partial charge < -0.3 is 4.74 Å². The Labute approximate surface area is 113 Å². The summed E-state index contributed by atoms with van der Waals surface area (Å²) in [4.78, 5) is 15.8. The zero-order chi connectivity index (χ0) is 13.3. The van der Waals surface area contributed by atoms with Crippen LogP contribution in [-0.2, 0) is 11.2 Å². The van der Waals surface area contributed by atoms with Crippen molar-refractivity contribution in [2.45, 2.75) is 18.5 Å². The molecule has 0 bridgehead atoms. The van der Waals surface area contributed by atoms with Crippen molar-refractivity contribution in [3.05, 3.63) is 22.5 Å². The summed E-state index contributed by atoms with van der Waals surface area (Å²) in [5, 5.41) is 5.24. The van der Waals surface area contributed by atoms with Crippen molar-refractivity contribution in [2.75, 3.05) is 13.4 Å². The number of ether oxygens (including phenoxy) is 1. The maximum Gasteiger partial charge on any atom is 0.339 e. The van der Waals surface area contributed by atoms with E-state index in [-0.39, 0.29) is 5.97 Å². The van der Waals surface area contributed by atoms with Crippen LogP contribution in [0, 0.1) is 0 Å². The molecule has 2 rings (SSSR count). The second-order valence-corrected chi connectivity index (χ2v) is 4.67. The number of rotatable bonds is 3. The molecular formula is C11H12ClN3O2S. The van der Waals surface area contributed by atoms with Gasteiger partial charge in [0.2, 0.25) is 5.16 Å². The standard InChI is InChI=1S/C11H12ClN3O2S/c1-4-7-6(10(16)17-2)5-8-9(12)13-11(18-3)14-15(7)8/h5H,4H2,1-3H3. The second-order valence-electron chi connectivity index (χ2n) is 3.54. The second kappa shape index (κ2) is 5.16. The Morgan fingerprint density at radius 1 is 1.61 bits per heavy atom. The lowest BCUT2D eigenvalue weighted by molar-refractivity contribution is 0.0599. The molecule has 0 saturated carbocycles. The Kier molecular flexibility index (Phi) is 3.77. The van der Waals surface area contributed by atoms with Crippen LogP contribution in [0.2, 0.25) is 5.15 Å². The van der Waals surface area contributed by atoms with Crippen LogP contribution in [0.1, 0.15) is 23.0 Å². The monoisotopic (exact) mass is 285 g/mol. The topological polar surface area (TPSA) is 56.5 Å². The van der Waals surface area contributed by atoms with Crippen LogP contribution >= 0.6 is 23.4 Å². The third-order valence-corrected chi connectivity index (χ3v) is 3.41. The SMILES string of the molecule is CCc1c(C(=O)OC)cc2c(Cl)nc(SC)nn12. The number of thioether (sulfide) groups is 1. The number of carbonyl (C=O) groups excluding carboxylic acids is 1. The van der Waals surface area contributed by atoms with Gasteiger partial charge in [0.25, 0.3) is 0 Å². The zero-order valence-electron chi connectivity index (χ0n) is 10.2. The lowest BCUT2D eigenvalue weighted by Gasteiger charge is -2.03. The Balaban J connectivity index is 2.76. The highest BCUT2D eigenvalue weighted by molar-refractivity contribution is 7.98. The normalized spacial score (nSPS) is 10.9. The van der Waals surface area contributed by atoms with Gasteiger partial charge in [-0.15, -0.1) is 5.10 Å². The van der Waals surface area contributed by atoms with Crippen molar-refractivity contribution in [3.8, 4) is 0 Å². The van der Waals surface area contributed by atoms with E-state index in [0.717, 1.165) is 5.69 Å². The van der Waals surface area contributed by atoms with Crippen LogP contribution < -0.4 is 0 Å². The maximum atomic E-state index is 11.7. The molecule has 18 heavy (non-hydrogen) atoms. The van der Waals surface area contributed by atoms with Crippen molar-refractivity contribution in [1.82, 2.24) is 14.6 Å². The molecule has 96 valence electrons. The molecule has 7 heteroatoms. The zero-order valence-corrected chi connectivity index (χ0v) is 11.8. The third-order valence-electron chi connectivity index (χ3n) is 2.59. The minimum absolute atomic E-state index is 0.333. The van der Waals surface area contributed by atoms with Crippen molar-refractivity contribution in [3.63, 3.8) is 0 Å². The fourth-order valence-corrected chi connectivity index (χ4v) is 2.38. The molecule has 2 aromatic heterocycles. The van der Waals surface area contributed by atoms with Crippen molar-refractivity contribution in [1.29, 1.82) is 0 Å². The highest BCUT2D eigenvalue weighted by Gasteiger charge is 2.19. The molecule has 0 saturated heterocycles. The average molecular weight is 286 g/mol. The number of halogens is 1. The molecule has 0 atom stereocenters. The van der Waals surface area contributed by atoms with Crippen LogP contribution in [0.15, 0.2) is 11.2 Å². The van der Waals surface area contributed by atoms with Gasteiger partial charge in [-0.2, -0.15) is 0 Å². The lowest BCUT2D eigenvalue weighted by Crippen LogP contribution is -2.06. The number of aryl methyl sites for hydroxylation is 1. The summed E-state index contributed by atoms with van der Waals surface area (Å²) in [6.07, 6.45) is 2.52. The molecule has 2 aromatic rings. The van der Waals surface area contributed by atoms with Crippen LogP contribution in [0.25, 0.3) is 5.52 Å². The first-order chi connectivity index (χ1) is 8.62. The van der Waals surface area contributed by atoms with E-state index in [9.17, 15) is 4.79 Å². The Morgan fingerprint density at radius 2 is 2.33 bits per heavy atom. The molecule has 0 aliphatic heterocycles. The molecule has 0 N–H and O–H groups in total. The first kappa shape index (κ1) is 13.2. The Hall–Kier alpha value is -1.27. The van der Waals surface area contributed by atoms with E-state index < -0.39 is 0 Å². The fraction of sp³-hybridized carbons (Fsp3) is 0.364. The van der Waals surface area contributed by atoms with Gasteiger partial charge in [0.15, 0.2) is 5.15 Å². The summed E-state index contributed by atoms with van der Waals surface area (Å²) in [6, 6.07) is 1.66. The number of aromatic nitrogens is 3. The van der Waals surface area contributed by atoms with Gasteiger partial charge >= 0.3 is 5.97 Å².